The third-order valence-corrected chi connectivity index (χ3v) is 3.04. The maximum absolute atomic E-state index is 13.4. The number of nitrogens with zero attached hydrogens (tertiary/aromatic N) is 3. The summed E-state index contributed by atoms with van der Waals surface area (Å²) in [7, 11) is 0. The van der Waals surface area contributed by atoms with Crippen molar-refractivity contribution in [2.24, 2.45) is 0 Å². The molecule has 0 bridgehead atoms. The van der Waals surface area contributed by atoms with Crippen LogP contribution in [0.15, 0.2) is 36.7 Å². The van der Waals surface area contributed by atoms with Crippen molar-refractivity contribution in [1.82, 2.24) is 14.5 Å². The molecule has 2 aromatic heterocycles. The van der Waals surface area contributed by atoms with Crippen molar-refractivity contribution in [3.8, 4) is 11.4 Å². The molecule has 0 atom stereocenters. The maximum Gasteiger partial charge on any atom is 0.142 e. The summed E-state index contributed by atoms with van der Waals surface area (Å²) in [6.07, 6.45) is 3.29. The van der Waals surface area contributed by atoms with E-state index in [4.69, 9.17) is 5.73 Å². The number of hydrogen-bond acceptors (Lipinski definition) is 3. The lowest BCUT2D eigenvalue weighted by Crippen LogP contribution is -1.98. The predicted octanol–water partition coefficient (Wildman–Crippen LogP) is 2.84. The van der Waals surface area contributed by atoms with E-state index < -0.39 is 0 Å². The summed E-state index contributed by atoms with van der Waals surface area (Å²) in [6.45, 7) is 2.69. The molecule has 0 unspecified atom stereocenters. The Hall–Kier alpha value is -2.43. The second kappa shape index (κ2) is 4.35. The molecule has 0 saturated carbocycles. The average Bonchev–Trinajstić information content (AvgIpc) is 2.76. The van der Waals surface area contributed by atoms with Gasteiger partial charge in [-0.2, -0.15) is 0 Å². The zero-order valence-corrected chi connectivity index (χ0v) is 10.5. The Labute approximate surface area is 109 Å². The Bertz CT molecular complexity index is 748. The minimum Gasteiger partial charge on any atom is -0.397 e. The van der Waals surface area contributed by atoms with Gasteiger partial charge in [0, 0.05) is 24.5 Å². The number of rotatable bonds is 2. The highest BCUT2D eigenvalue weighted by molar-refractivity contribution is 5.81. The van der Waals surface area contributed by atoms with Gasteiger partial charge in [0.2, 0.25) is 0 Å². The van der Waals surface area contributed by atoms with Crippen molar-refractivity contribution >= 4 is 16.7 Å². The molecule has 5 heteroatoms. The van der Waals surface area contributed by atoms with Gasteiger partial charge in [0.05, 0.1) is 16.7 Å². The van der Waals surface area contributed by atoms with E-state index in [1.54, 1.807) is 18.5 Å². The molecule has 0 radical (unpaired) electrons. The van der Waals surface area contributed by atoms with Crippen LogP contribution in [0.3, 0.4) is 0 Å². The van der Waals surface area contributed by atoms with Gasteiger partial charge in [-0.25, -0.2) is 9.37 Å². The van der Waals surface area contributed by atoms with Crippen molar-refractivity contribution in [3.05, 3.63) is 42.5 Å². The normalized spacial score (nSPS) is 11.1. The number of halogens is 1. The summed E-state index contributed by atoms with van der Waals surface area (Å²) in [6, 6.07) is 6.41. The summed E-state index contributed by atoms with van der Waals surface area (Å²) in [5.41, 5.74) is 8.70. The molecule has 0 saturated heterocycles. The second-order valence-electron chi connectivity index (χ2n) is 4.32. The summed E-state index contributed by atoms with van der Waals surface area (Å²) in [5.74, 6) is 0.488. The molecular formula is C14H13FN4. The number of nitrogens with two attached hydrogens (primary N) is 1. The van der Waals surface area contributed by atoms with Crippen LogP contribution in [-0.4, -0.2) is 14.5 Å². The molecule has 0 aliphatic rings. The molecule has 0 spiro atoms. The van der Waals surface area contributed by atoms with Gasteiger partial charge in [0.15, 0.2) is 0 Å². The number of anilines is 1. The van der Waals surface area contributed by atoms with Gasteiger partial charge in [-0.05, 0) is 31.2 Å². The molecule has 3 aromatic rings. The number of hydrogen-bond donors (Lipinski definition) is 1. The lowest BCUT2D eigenvalue weighted by Gasteiger charge is -2.06. The van der Waals surface area contributed by atoms with E-state index in [9.17, 15) is 4.39 Å². The number of nitrogen functional groups attached to an aromatic ring is 1. The smallest absolute Gasteiger partial charge is 0.142 e. The van der Waals surface area contributed by atoms with Gasteiger partial charge in [-0.15, -0.1) is 0 Å². The van der Waals surface area contributed by atoms with Crippen LogP contribution in [0.25, 0.3) is 22.4 Å². The fourth-order valence-electron chi connectivity index (χ4n) is 2.22. The number of benzene rings is 1. The summed E-state index contributed by atoms with van der Waals surface area (Å²) in [4.78, 5) is 8.61. The van der Waals surface area contributed by atoms with E-state index in [2.05, 4.69) is 9.97 Å². The van der Waals surface area contributed by atoms with Crippen molar-refractivity contribution < 1.29 is 4.39 Å². The standard InChI is InChI=1S/C14H13FN4/c1-2-19-13-6-10(15)3-4-12(13)18-14(19)9-5-11(16)8-17-7-9/h3-8H,2,16H2,1H3. The minimum absolute atomic E-state index is 0.264. The largest absolute Gasteiger partial charge is 0.397 e. The zero-order valence-electron chi connectivity index (χ0n) is 10.5. The van der Waals surface area contributed by atoms with Crippen molar-refractivity contribution in [3.63, 3.8) is 0 Å². The number of fused-ring (bicyclic) bond motifs is 1. The van der Waals surface area contributed by atoms with Crippen LogP contribution in [0, 0.1) is 5.82 Å². The van der Waals surface area contributed by atoms with Crippen LogP contribution < -0.4 is 5.73 Å². The third kappa shape index (κ3) is 1.93. The first kappa shape index (κ1) is 11.6. The minimum atomic E-state index is -0.264. The van der Waals surface area contributed by atoms with Gasteiger partial charge < -0.3 is 10.3 Å². The molecule has 1 aromatic carbocycles. The quantitative estimate of drug-likeness (QED) is 0.767. The van der Waals surface area contributed by atoms with E-state index in [0.29, 0.717) is 12.2 Å². The van der Waals surface area contributed by atoms with Crippen LogP contribution >= 0.6 is 0 Å². The first-order chi connectivity index (χ1) is 9.19. The number of pyridine rings is 1. The van der Waals surface area contributed by atoms with Gasteiger partial charge in [0.1, 0.15) is 11.6 Å². The van der Waals surface area contributed by atoms with Gasteiger partial charge >= 0.3 is 0 Å². The van der Waals surface area contributed by atoms with Crippen molar-refractivity contribution in [2.45, 2.75) is 13.5 Å². The van der Waals surface area contributed by atoms with Crippen molar-refractivity contribution in [2.75, 3.05) is 5.73 Å². The van der Waals surface area contributed by atoms with Crippen LogP contribution in [0.1, 0.15) is 6.92 Å². The molecule has 19 heavy (non-hydrogen) atoms. The molecule has 2 heterocycles. The first-order valence-corrected chi connectivity index (χ1v) is 6.05. The number of aryl methyl sites for hydroxylation is 1. The van der Waals surface area contributed by atoms with E-state index in [1.165, 1.54) is 12.1 Å². The Morgan fingerprint density at radius 1 is 1.26 bits per heavy atom. The molecule has 2 N–H and O–H groups in total. The Morgan fingerprint density at radius 2 is 2.11 bits per heavy atom. The van der Waals surface area contributed by atoms with Gasteiger partial charge in [-0.1, -0.05) is 0 Å². The first-order valence-electron chi connectivity index (χ1n) is 6.05. The maximum atomic E-state index is 13.4. The van der Waals surface area contributed by atoms with E-state index in [-0.39, 0.29) is 5.82 Å². The summed E-state index contributed by atoms with van der Waals surface area (Å²) in [5, 5.41) is 0. The van der Waals surface area contributed by atoms with Crippen LogP contribution in [0.4, 0.5) is 10.1 Å². The SMILES string of the molecule is CCn1c(-c2cncc(N)c2)nc2ccc(F)cc21. The second-order valence-corrected chi connectivity index (χ2v) is 4.32. The highest BCUT2D eigenvalue weighted by atomic mass is 19.1. The monoisotopic (exact) mass is 256 g/mol. The van der Waals surface area contributed by atoms with Crippen LogP contribution in [-0.2, 0) is 6.54 Å². The Kier molecular flexibility index (Phi) is 2.67. The number of aromatic nitrogens is 3. The lowest BCUT2D eigenvalue weighted by molar-refractivity contribution is 0.628. The van der Waals surface area contributed by atoms with Crippen LogP contribution in [0.5, 0.6) is 0 Å². The van der Waals surface area contributed by atoms with Crippen LogP contribution in [0.2, 0.25) is 0 Å². The third-order valence-electron chi connectivity index (χ3n) is 3.04. The molecule has 4 nitrogen and oxygen atoms in total. The fourth-order valence-corrected chi connectivity index (χ4v) is 2.22. The fraction of sp³-hybridized carbons (Fsp3) is 0.143. The highest BCUT2D eigenvalue weighted by Crippen LogP contribution is 2.25. The topological polar surface area (TPSA) is 56.7 Å². The van der Waals surface area contributed by atoms with E-state index in [1.807, 2.05) is 17.6 Å². The molecule has 0 aliphatic heterocycles. The molecule has 0 amide bonds. The van der Waals surface area contributed by atoms with Crippen molar-refractivity contribution in [1.29, 1.82) is 0 Å². The molecule has 3 rings (SSSR count). The van der Waals surface area contributed by atoms with Gasteiger partial charge in [0.25, 0.3) is 0 Å². The number of imidazole rings is 1. The molecule has 0 fully saturated rings. The van der Waals surface area contributed by atoms with E-state index >= 15 is 0 Å². The predicted molar refractivity (Wildman–Crippen MR) is 73.0 cm³/mol. The summed E-state index contributed by atoms with van der Waals surface area (Å²) >= 11 is 0. The van der Waals surface area contributed by atoms with E-state index in [0.717, 1.165) is 22.4 Å². The van der Waals surface area contributed by atoms with Gasteiger partial charge in [-0.3, -0.25) is 4.98 Å². The molecule has 0 aliphatic carbocycles. The Balaban J connectivity index is 2.29. The summed E-state index contributed by atoms with van der Waals surface area (Å²) < 4.78 is 15.3. The zero-order chi connectivity index (χ0) is 13.4. The lowest BCUT2D eigenvalue weighted by atomic mass is 10.2. The molecule has 96 valence electrons. The molecular weight excluding hydrogens is 243 g/mol. The Morgan fingerprint density at radius 3 is 2.84 bits per heavy atom. The average molecular weight is 256 g/mol. The highest BCUT2D eigenvalue weighted by Gasteiger charge is 2.12.